The Morgan fingerprint density at radius 3 is 2.93 bits per heavy atom. The molecule has 0 aliphatic rings. The van der Waals surface area contributed by atoms with Crippen LogP contribution in [-0.2, 0) is 24.3 Å². The molecule has 1 N–H and O–H groups in total. The second kappa shape index (κ2) is 8.40. The average Bonchev–Trinajstić information content (AvgIpc) is 3.34. The van der Waals surface area contributed by atoms with Crippen molar-refractivity contribution in [1.82, 2.24) is 24.6 Å². The molecule has 0 fully saturated rings. The van der Waals surface area contributed by atoms with Gasteiger partial charge in [-0.3, -0.25) is 14.2 Å². The smallest absolute Gasteiger partial charge is 0.264 e. The SMILES string of the molecule is Cc1cccc(Cn2cnc3c(cnn3CCNC(=O)Cc3cccs3)c2=O)c1. The molecular weight excluding hydrogens is 386 g/mol. The number of hydrogen-bond donors (Lipinski definition) is 1. The fourth-order valence-electron chi connectivity index (χ4n) is 3.22. The minimum atomic E-state index is -0.121. The van der Waals surface area contributed by atoms with Gasteiger partial charge in [0.2, 0.25) is 5.91 Å². The molecule has 3 heterocycles. The van der Waals surface area contributed by atoms with Crippen molar-refractivity contribution in [2.45, 2.75) is 26.4 Å². The maximum atomic E-state index is 12.8. The summed E-state index contributed by atoms with van der Waals surface area (Å²) in [6.45, 7) is 3.37. The van der Waals surface area contributed by atoms with Crippen molar-refractivity contribution in [3.8, 4) is 0 Å². The van der Waals surface area contributed by atoms with E-state index in [2.05, 4.69) is 21.5 Å². The number of benzene rings is 1. The number of nitrogens with one attached hydrogen (secondary N) is 1. The van der Waals surface area contributed by atoms with Gasteiger partial charge in [-0.25, -0.2) is 9.67 Å². The highest BCUT2D eigenvalue weighted by molar-refractivity contribution is 7.10. The third kappa shape index (κ3) is 4.43. The summed E-state index contributed by atoms with van der Waals surface area (Å²) < 4.78 is 3.24. The van der Waals surface area contributed by atoms with E-state index in [0.29, 0.717) is 37.1 Å². The number of carbonyl (C=O) groups is 1. The molecule has 0 saturated heterocycles. The Morgan fingerprint density at radius 2 is 2.14 bits per heavy atom. The van der Waals surface area contributed by atoms with Gasteiger partial charge < -0.3 is 5.32 Å². The number of hydrogen-bond acceptors (Lipinski definition) is 5. The Kier molecular flexibility index (Phi) is 5.53. The highest BCUT2D eigenvalue weighted by Gasteiger charge is 2.11. The largest absolute Gasteiger partial charge is 0.354 e. The third-order valence-electron chi connectivity index (χ3n) is 4.62. The summed E-state index contributed by atoms with van der Waals surface area (Å²) in [5.41, 5.74) is 2.61. The molecule has 4 rings (SSSR count). The van der Waals surface area contributed by atoms with Crippen LogP contribution in [0.4, 0.5) is 0 Å². The van der Waals surface area contributed by atoms with Crippen LogP contribution in [0.2, 0.25) is 0 Å². The van der Waals surface area contributed by atoms with Crippen molar-refractivity contribution in [3.05, 3.63) is 80.7 Å². The number of aryl methyl sites for hydroxylation is 1. The Labute approximate surface area is 171 Å². The Bertz CT molecular complexity index is 1190. The summed E-state index contributed by atoms with van der Waals surface area (Å²) in [6.07, 6.45) is 3.48. The molecule has 8 heteroatoms. The highest BCUT2D eigenvalue weighted by atomic mass is 32.1. The maximum Gasteiger partial charge on any atom is 0.264 e. The van der Waals surface area contributed by atoms with E-state index in [4.69, 9.17) is 0 Å². The van der Waals surface area contributed by atoms with Gasteiger partial charge in [-0.2, -0.15) is 5.10 Å². The summed E-state index contributed by atoms with van der Waals surface area (Å²) in [5.74, 6) is -0.0302. The number of carbonyl (C=O) groups excluding carboxylic acids is 1. The number of thiophene rings is 1. The van der Waals surface area contributed by atoms with Crippen LogP contribution in [0.5, 0.6) is 0 Å². The number of rotatable bonds is 7. The number of nitrogens with zero attached hydrogens (tertiary/aromatic N) is 4. The van der Waals surface area contributed by atoms with Gasteiger partial charge in [0.05, 0.1) is 25.7 Å². The summed E-state index contributed by atoms with van der Waals surface area (Å²) in [7, 11) is 0. The molecule has 0 unspecified atom stereocenters. The van der Waals surface area contributed by atoms with Crippen LogP contribution in [0, 0.1) is 6.92 Å². The molecule has 1 amide bonds. The number of aromatic nitrogens is 4. The lowest BCUT2D eigenvalue weighted by atomic mass is 10.1. The first kappa shape index (κ1) is 19.1. The molecular formula is C21H21N5O2S. The van der Waals surface area contributed by atoms with E-state index < -0.39 is 0 Å². The second-order valence-corrected chi connectivity index (χ2v) is 7.91. The van der Waals surface area contributed by atoms with Crippen LogP contribution in [-0.4, -0.2) is 31.8 Å². The Morgan fingerprint density at radius 1 is 1.24 bits per heavy atom. The Balaban J connectivity index is 1.43. The predicted octanol–water partition coefficient (Wildman–Crippen LogP) is 2.37. The van der Waals surface area contributed by atoms with Crippen molar-refractivity contribution in [2.75, 3.05) is 6.54 Å². The monoisotopic (exact) mass is 407 g/mol. The molecule has 0 saturated carbocycles. The van der Waals surface area contributed by atoms with Crippen LogP contribution >= 0.6 is 11.3 Å². The topological polar surface area (TPSA) is 81.8 Å². The summed E-state index contributed by atoms with van der Waals surface area (Å²) in [4.78, 5) is 30.2. The molecule has 3 aromatic heterocycles. The Hall–Kier alpha value is -3.26. The first-order valence-electron chi connectivity index (χ1n) is 9.36. The van der Waals surface area contributed by atoms with E-state index in [1.165, 1.54) is 0 Å². The van der Waals surface area contributed by atoms with Gasteiger partial charge in [-0.05, 0) is 23.9 Å². The first-order valence-corrected chi connectivity index (χ1v) is 10.2. The molecule has 0 atom stereocenters. The number of amides is 1. The molecule has 4 aromatic rings. The second-order valence-electron chi connectivity index (χ2n) is 6.88. The van der Waals surface area contributed by atoms with Crippen LogP contribution < -0.4 is 10.9 Å². The molecule has 1 aromatic carbocycles. The van der Waals surface area contributed by atoms with Gasteiger partial charge in [0.15, 0.2) is 5.65 Å². The van der Waals surface area contributed by atoms with Crippen molar-refractivity contribution >= 4 is 28.3 Å². The van der Waals surface area contributed by atoms with Crippen LogP contribution in [0.15, 0.2) is 59.1 Å². The van der Waals surface area contributed by atoms with Gasteiger partial charge in [0.25, 0.3) is 5.56 Å². The summed E-state index contributed by atoms with van der Waals surface area (Å²) in [6, 6.07) is 11.9. The van der Waals surface area contributed by atoms with E-state index >= 15 is 0 Å². The first-order chi connectivity index (χ1) is 14.1. The summed E-state index contributed by atoms with van der Waals surface area (Å²) >= 11 is 1.56. The zero-order valence-corrected chi connectivity index (χ0v) is 16.9. The number of fused-ring (bicyclic) bond motifs is 1. The van der Waals surface area contributed by atoms with Gasteiger partial charge in [0.1, 0.15) is 11.7 Å². The standard InChI is InChI=1S/C21H21N5O2S/c1-15-4-2-5-16(10-15)13-25-14-23-20-18(21(25)28)12-24-26(20)8-7-22-19(27)11-17-6-3-9-29-17/h2-6,9-10,12,14H,7-8,11,13H2,1H3,(H,22,27). The zero-order valence-electron chi connectivity index (χ0n) is 16.0. The molecule has 29 heavy (non-hydrogen) atoms. The lowest BCUT2D eigenvalue weighted by Crippen LogP contribution is -2.28. The van der Waals surface area contributed by atoms with Gasteiger partial charge in [-0.1, -0.05) is 35.9 Å². The van der Waals surface area contributed by atoms with Crippen molar-refractivity contribution in [3.63, 3.8) is 0 Å². The minimum Gasteiger partial charge on any atom is -0.354 e. The lowest BCUT2D eigenvalue weighted by Gasteiger charge is -2.08. The van der Waals surface area contributed by atoms with Gasteiger partial charge in [0, 0.05) is 11.4 Å². The highest BCUT2D eigenvalue weighted by Crippen LogP contribution is 2.10. The molecule has 0 bridgehead atoms. The fourth-order valence-corrected chi connectivity index (χ4v) is 3.92. The average molecular weight is 407 g/mol. The summed E-state index contributed by atoms with van der Waals surface area (Å²) in [5, 5.41) is 9.60. The van der Waals surface area contributed by atoms with E-state index in [1.807, 2.05) is 42.6 Å². The van der Waals surface area contributed by atoms with Crippen molar-refractivity contribution < 1.29 is 4.79 Å². The third-order valence-corrected chi connectivity index (χ3v) is 5.49. The normalized spacial score (nSPS) is 11.1. The van der Waals surface area contributed by atoms with Gasteiger partial charge >= 0.3 is 0 Å². The lowest BCUT2D eigenvalue weighted by molar-refractivity contribution is -0.120. The van der Waals surface area contributed by atoms with Gasteiger partial charge in [-0.15, -0.1) is 11.3 Å². The molecule has 7 nitrogen and oxygen atoms in total. The van der Waals surface area contributed by atoms with E-state index in [1.54, 1.807) is 33.1 Å². The van der Waals surface area contributed by atoms with E-state index in [9.17, 15) is 9.59 Å². The van der Waals surface area contributed by atoms with Crippen LogP contribution in [0.3, 0.4) is 0 Å². The van der Waals surface area contributed by atoms with Crippen molar-refractivity contribution in [1.29, 1.82) is 0 Å². The van der Waals surface area contributed by atoms with Crippen LogP contribution in [0.25, 0.3) is 11.0 Å². The molecule has 0 aliphatic heterocycles. The predicted molar refractivity (Wildman–Crippen MR) is 113 cm³/mol. The fraction of sp³-hybridized carbons (Fsp3) is 0.238. The molecule has 0 spiro atoms. The quantitative estimate of drug-likeness (QED) is 0.510. The zero-order chi connectivity index (χ0) is 20.2. The molecule has 148 valence electrons. The van der Waals surface area contributed by atoms with E-state index in [-0.39, 0.29) is 11.5 Å². The van der Waals surface area contributed by atoms with Crippen molar-refractivity contribution in [2.24, 2.45) is 0 Å². The molecule has 0 aliphatic carbocycles. The maximum absolute atomic E-state index is 12.8. The molecule has 0 radical (unpaired) electrons. The van der Waals surface area contributed by atoms with Crippen LogP contribution in [0.1, 0.15) is 16.0 Å². The van der Waals surface area contributed by atoms with E-state index in [0.717, 1.165) is 16.0 Å². The minimum absolute atomic E-state index is 0.0302.